The van der Waals surface area contributed by atoms with Gasteiger partial charge in [-0.2, -0.15) is 0 Å². The summed E-state index contributed by atoms with van der Waals surface area (Å²) < 4.78 is 10.6. The highest BCUT2D eigenvalue weighted by Crippen LogP contribution is 2.37. The van der Waals surface area contributed by atoms with Crippen molar-refractivity contribution in [1.29, 1.82) is 0 Å². The Hall–Kier alpha value is -2.82. The Morgan fingerprint density at radius 3 is 2.34 bits per heavy atom. The molecule has 1 saturated heterocycles. The van der Waals surface area contributed by atoms with Gasteiger partial charge in [0.1, 0.15) is 18.4 Å². The summed E-state index contributed by atoms with van der Waals surface area (Å²) in [4.78, 5) is 26.9. The predicted molar refractivity (Wildman–Crippen MR) is 112 cm³/mol. The van der Waals surface area contributed by atoms with Crippen LogP contribution >= 0.6 is 0 Å². The minimum Gasteiger partial charge on any atom is -0.497 e. The number of amides is 2. The molecular weight excluding hydrogens is 366 g/mol. The molecule has 1 fully saturated rings. The first-order chi connectivity index (χ1) is 13.8. The summed E-state index contributed by atoms with van der Waals surface area (Å²) in [6, 6.07) is 13.2. The normalized spacial score (nSPS) is 17.4. The number of hydrogen-bond donors (Lipinski definition) is 0. The van der Waals surface area contributed by atoms with E-state index in [1.54, 1.807) is 7.11 Å². The molecular formula is C24H29NO4. The van der Waals surface area contributed by atoms with E-state index in [0.29, 0.717) is 0 Å². The van der Waals surface area contributed by atoms with Crippen molar-refractivity contribution in [3.05, 3.63) is 64.7 Å². The van der Waals surface area contributed by atoms with Crippen LogP contribution in [0.15, 0.2) is 42.5 Å². The number of ether oxygens (including phenoxy) is 2. The highest BCUT2D eigenvalue weighted by molar-refractivity contribution is 5.94. The molecule has 1 heterocycles. The highest BCUT2D eigenvalue weighted by Gasteiger charge is 2.40. The minimum absolute atomic E-state index is 0.00164. The standard InChI is InChI=1S/C24H29NO4/c1-15(2)20(23-16(3)11-19(28-5)12-17(23)4)13-22(26)25-21(14-29-24(25)27)18-9-7-6-8-10-18/h6-12,15,20-21H,13-14H2,1-5H3/t20-,21-/m0/s1. The minimum atomic E-state index is -0.561. The fourth-order valence-electron chi connectivity index (χ4n) is 4.21. The summed E-state index contributed by atoms with van der Waals surface area (Å²) in [6.45, 7) is 8.50. The number of carbonyl (C=O) groups is 2. The molecule has 5 nitrogen and oxygen atoms in total. The summed E-state index contributed by atoms with van der Waals surface area (Å²) >= 11 is 0. The molecule has 0 radical (unpaired) electrons. The van der Waals surface area contributed by atoms with E-state index in [1.807, 2.05) is 56.3 Å². The first-order valence-electron chi connectivity index (χ1n) is 10.0. The van der Waals surface area contributed by atoms with Crippen molar-refractivity contribution in [2.45, 2.75) is 46.1 Å². The maximum atomic E-state index is 13.3. The molecule has 154 valence electrons. The van der Waals surface area contributed by atoms with Crippen molar-refractivity contribution in [2.75, 3.05) is 13.7 Å². The first kappa shape index (κ1) is 20.9. The molecule has 0 unspecified atom stereocenters. The van der Waals surface area contributed by atoms with Crippen LogP contribution in [0.5, 0.6) is 5.75 Å². The highest BCUT2D eigenvalue weighted by atomic mass is 16.6. The molecule has 1 aliphatic rings. The molecule has 0 aliphatic carbocycles. The van der Waals surface area contributed by atoms with Crippen molar-refractivity contribution in [3.63, 3.8) is 0 Å². The number of cyclic esters (lactones) is 1. The van der Waals surface area contributed by atoms with Gasteiger partial charge in [0.25, 0.3) is 0 Å². The number of hydrogen-bond acceptors (Lipinski definition) is 4. The van der Waals surface area contributed by atoms with Crippen LogP contribution in [0.4, 0.5) is 4.79 Å². The summed E-state index contributed by atoms with van der Waals surface area (Å²) in [7, 11) is 1.65. The summed E-state index contributed by atoms with van der Waals surface area (Å²) in [6.07, 6.45) is -0.307. The topological polar surface area (TPSA) is 55.8 Å². The molecule has 0 saturated carbocycles. The first-order valence-corrected chi connectivity index (χ1v) is 10.0. The lowest BCUT2D eigenvalue weighted by Gasteiger charge is -2.28. The fourth-order valence-corrected chi connectivity index (χ4v) is 4.21. The number of aryl methyl sites for hydroxylation is 2. The van der Waals surface area contributed by atoms with Crippen LogP contribution in [-0.4, -0.2) is 30.6 Å². The molecule has 2 atom stereocenters. The number of benzene rings is 2. The van der Waals surface area contributed by atoms with E-state index >= 15 is 0 Å². The second-order valence-corrected chi connectivity index (χ2v) is 8.00. The Kier molecular flexibility index (Phi) is 6.26. The lowest BCUT2D eigenvalue weighted by molar-refractivity contribution is -0.130. The third-order valence-electron chi connectivity index (χ3n) is 5.70. The largest absolute Gasteiger partial charge is 0.497 e. The van der Waals surface area contributed by atoms with E-state index in [2.05, 4.69) is 13.8 Å². The lowest BCUT2D eigenvalue weighted by atomic mass is 9.80. The van der Waals surface area contributed by atoms with Crippen molar-refractivity contribution < 1.29 is 19.1 Å². The summed E-state index contributed by atoms with van der Waals surface area (Å²) in [5, 5.41) is 0. The Bertz CT molecular complexity index is 868. The maximum Gasteiger partial charge on any atom is 0.417 e. The van der Waals surface area contributed by atoms with Crippen LogP contribution in [-0.2, 0) is 9.53 Å². The SMILES string of the molecule is COc1cc(C)c([C@@H](CC(=O)N2C(=O)OC[C@H]2c2ccccc2)C(C)C)c(C)c1. The Balaban J connectivity index is 1.89. The number of rotatable bonds is 6. The zero-order valence-electron chi connectivity index (χ0n) is 17.8. The van der Waals surface area contributed by atoms with Gasteiger partial charge in [0.15, 0.2) is 0 Å². The molecule has 29 heavy (non-hydrogen) atoms. The average Bonchev–Trinajstić information content (AvgIpc) is 3.08. The van der Waals surface area contributed by atoms with Crippen LogP contribution in [0.25, 0.3) is 0 Å². The zero-order valence-corrected chi connectivity index (χ0v) is 17.8. The Morgan fingerprint density at radius 1 is 1.17 bits per heavy atom. The van der Waals surface area contributed by atoms with Gasteiger partial charge in [-0.3, -0.25) is 4.79 Å². The van der Waals surface area contributed by atoms with Crippen molar-refractivity contribution in [3.8, 4) is 5.75 Å². The third-order valence-corrected chi connectivity index (χ3v) is 5.70. The van der Waals surface area contributed by atoms with Crippen LogP contribution < -0.4 is 4.74 Å². The quantitative estimate of drug-likeness (QED) is 0.678. The maximum absolute atomic E-state index is 13.3. The Morgan fingerprint density at radius 2 is 1.79 bits per heavy atom. The molecule has 0 spiro atoms. The summed E-state index contributed by atoms with van der Waals surface area (Å²) in [5.41, 5.74) is 4.25. The van der Waals surface area contributed by atoms with Crippen LogP contribution in [0.2, 0.25) is 0 Å². The molecule has 0 bridgehead atoms. The second kappa shape index (κ2) is 8.68. The molecule has 2 amide bonds. The van der Waals surface area contributed by atoms with Gasteiger partial charge in [-0.05, 0) is 60.1 Å². The number of nitrogens with zero attached hydrogens (tertiary/aromatic N) is 1. The monoisotopic (exact) mass is 395 g/mol. The molecule has 3 rings (SSSR count). The van der Waals surface area contributed by atoms with Gasteiger partial charge in [0, 0.05) is 6.42 Å². The zero-order chi connectivity index (χ0) is 21.1. The Labute approximate surface area is 172 Å². The molecule has 5 heteroatoms. The number of carbonyl (C=O) groups excluding carboxylic acids is 2. The molecule has 0 aromatic heterocycles. The lowest BCUT2D eigenvalue weighted by Crippen LogP contribution is -2.35. The van der Waals surface area contributed by atoms with Crippen LogP contribution in [0.3, 0.4) is 0 Å². The molecule has 0 N–H and O–H groups in total. The van der Waals surface area contributed by atoms with E-state index in [1.165, 1.54) is 4.90 Å². The van der Waals surface area contributed by atoms with E-state index in [4.69, 9.17) is 9.47 Å². The van der Waals surface area contributed by atoms with Gasteiger partial charge < -0.3 is 9.47 Å². The summed E-state index contributed by atoms with van der Waals surface area (Å²) in [5.74, 6) is 0.844. The van der Waals surface area contributed by atoms with E-state index in [0.717, 1.165) is 28.0 Å². The molecule has 2 aromatic carbocycles. The van der Waals surface area contributed by atoms with Gasteiger partial charge in [0.05, 0.1) is 7.11 Å². The van der Waals surface area contributed by atoms with Gasteiger partial charge in [-0.1, -0.05) is 44.2 Å². The van der Waals surface area contributed by atoms with E-state index < -0.39 is 6.09 Å². The van der Waals surface area contributed by atoms with Gasteiger partial charge >= 0.3 is 6.09 Å². The predicted octanol–water partition coefficient (Wildman–Crippen LogP) is 5.16. The smallest absolute Gasteiger partial charge is 0.417 e. The molecule has 1 aliphatic heterocycles. The van der Waals surface area contributed by atoms with E-state index in [9.17, 15) is 9.59 Å². The van der Waals surface area contributed by atoms with Crippen molar-refractivity contribution in [2.24, 2.45) is 5.92 Å². The van der Waals surface area contributed by atoms with Crippen molar-refractivity contribution >= 4 is 12.0 Å². The number of methoxy groups -OCH3 is 1. The van der Waals surface area contributed by atoms with Gasteiger partial charge in [-0.15, -0.1) is 0 Å². The molecule has 2 aromatic rings. The van der Waals surface area contributed by atoms with Crippen LogP contribution in [0.1, 0.15) is 54.5 Å². The number of imide groups is 1. The van der Waals surface area contributed by atoms with E-state index in [-0.39, 0.29) is 36.8 Å². The van der Waals surface area contributed by atoms with Crippen LogP contribution in [0, 0.1) is 19.8 Å². The average molecular weight is 395 g/mol. The van der Waals surface area contributed by atoms with Gasteiger partial charge in [-0.25, -0.2) is 9.69 Å². The van der Waals surface area contributed by atoms with Crippen molar-refractivity contribution in [1.82, 2.24) is 4.90 Å². The fraction of sp³-hybridized carbons (Fsp3) is 0.417. The second-order valence-electron chi connectivity index (χ2n) is 8.00. The van der Waals surface area contributed by atoms with Gasteiger partial charge in [0.2, 0.25) is 5.91 Å². The third kappa shape index (κ3) is 4.29.